The van der Waals surface area contributed by atoms with E-state index in [4.69, 9.17) is 4.74 Å². The van der Waals surface area contributed by atoms with Gasteiger partial charge >= 0.3 is 5.97 Å². The second kappa shape index (κ2) is 4.57. The topological polar surface area (TPSA) is 29.5 Å². The molecule has 1 saturated heterocycles. The summed E-state index contributed by atoms with van der Waals surface area (Å²) in [4.78, 5) is 13.9. The van der Waals surface area contributed by atoms with Gasteiger partial charge in [-0.05, 0) is 23.4 Å². The lowest BCUT2D eigenvalue weighted by atomic mass is 9.91. The fraction of sp³-hybridized carbons (Fsp3) is 0.312. The summed E-state index contributed by atoms with van der Waals surface area (Å²) in [5, 5.41) is 2.34. The maximum Gasteiger partial charge on any atom is 0.313 e. The summed E-state index contributed by atoms with van der Waals surface area (Å²) in [5.74, 6) is -0.205. The number of carbonyl (C=O) groups excluding carboxylic acids is 1. The first kappa shape index (κ1) is 12.0. The second-order valence-electron chi connectivity index (χ2n) is 5.12. The molecule has 19 heavy (non-hydrogen) atoms. The first-order valence-electron chi connectivity index (χ1n) is 6.54. The molecule has 2 aromatic rings. The molecule has 3 nitrogen and oxygen atoms in total. The van der Waals surface area contributed by atoms with Crippen molar-refractivity contribution in [1.29, 1.82) is 0 Å². The van der Waals surface area contributed by atoms with E-state index in [1.807, 2.05) is 26.2 Å². The number of ether oxygens (including phenoxy) is 1. The Morgan fingerprint density at radius 1 is 1.11 bits per heavy atom. The maximum atomic E-state index is 11.8. The minimum Gasteiger partial charge on any atom is -0.465 e. The monoisotopic (exact) mass is 255 g/mol. The van der Waals surface area contributed by atoms with E-state index in [2.05, 4.69) is 29.2 Å². The number of nitrogens with zero attached hydrogens (tertiary/aromatic N) is 1. The molecule has 0 aliphatic carbocycles. The Morgan fingerprint density at radius 2 is 1.84 bits per heavy atom. The molecule has 3 rings (SSSR count). The van der Waals surface area contributed by atoms with E-state index in [9.17, 15) is 4.79 Å². The number of rotatable bonds is 2. The molecule has 0 bridgehead atoms. The van der Waals surface area contributed by atoms with Crippen LogP contribution in [-0.4, -0.2) is 26.7 Å². The second-order valence-corrected chi connectivity index (χ2v) is 5.12. The van der Waals surface area contributed by atoms with Gasteiger partial charge in [-0.2, -0.15) is 0 Å². The van der Waals surface area contributed by atoms with Crippen LogP contribution in [0.25, 0.3) is 10.8 Å². The van der Waals surface area contributed by atoms with Gasteiger partial charge in [0.15, 0.2) is 0 Å². The van der Waals surface area contributed by atoms with Crippen LogP contribution in [0.2, 0.25) is 0 Å². The molecule has 98 valence electrons. The Kier molecular flexibility index (Phi) is 2.90. The third-order valence-corrected chi connectivity index (χ3v) is 3.73. The molecule has 2 aromatic carbocycles. The van der Waals surface area contributed by atoms with Crippen molar-refractivity contribution in [2.24, 2.45) is 0 Å². The number of hydrogen-bond donors (Lipinski definition) is 0. The summed E-state index contributed by atoms with van der Waals surface area (Å²) in [7, 11) is 4.07. The number of cyclic esters (lactones) is 1. The molecule has 0 aromatic heterocycles. The molecule has 0 radical (unpaired) electrons. The van der Waals surface area contributed by atoms with E-state index in [-0.39, 0.29) is 11.9 Å². The number of fused-ring (bicyclic) bond motifs is 1. The van der Waals surface area contributed by atoms with Crippen molar-refractivity contribution < 1.29 is 9.53 Å². The molecule has 1 atom stereocenters. The van der Waals surface area contributed by atoms with Crippen molar-refractivity contribution >= 4 is 22.4 Å². The lowest BCUT2D eigenvalue weighted by Crippen LogP contribution is -2.11. The quantitative estimate of drug-likeness (QED) is 0.773. The molecule has 1 aliphatic rings. The Hall–Kier alpha value is -2.03. The highest BCUT2D eigenvalue weighted by Crippen LogP contribution is 2.35. The summed E-state index contributed by atoms with van der Waals surface area (Å²) in [5.41, 5.74) is 2.26. The highest BCUT2D eigenvalue weighted by atomic mass is 16.5. The van der Waals surface area contributed by atoms with Crippen LogP contribution in [0.1, 0.15) is 17.9 Å². The van der Waals surface area contributed by atoms with Gasteiger partial charge in [0.25, 0.3) is 0 Å². The van der Waals surface area contributed by atoms with E-state index in [1.54, 1.807) is 0 Å². The largest absolute Gasteiger partial charge is 0.465 e. The van der Waals surface area contributed by atoms with Crippen LogP contribution in [0.5, 0.6) is 0 Å². The first-order chi connectivity index (χ1) is 9.18. The summed E-state index contributed by atoms with van der Waals surface area (Å²) in [6.07, 6.45) is 0.782. The molecule has 0 saturated carbocycles. The number of anilines is 1. The fourth-order valence-corrected chi connectivity index (χ4v) is 2.78. The summed E-state index contributed by atoms with van der Waals surface area (Å²) < 4.78 is 5.10. The van der Waals surface area contributed by atoms with E-state index < -0.39 is 0 Å². The van der Waals surface area contributed by atoms with Gasteiger partial charge in [0.2, 0.25) is 0 Å². The van der Waals surface area contributed by atoms with Gasteiger partial charge < -0.3 is 9.64 Å². The first-order valence-corrected chi connectivity index (χ1v) is 6.54. The van der Waals surface area contributed by atoms with Gasteiger partial charge in [0.1, 0.15) is 0 Å². The molecule has 0 unspecified atom stereocenters. The Bertz CT molecular complexity index is 634. The molecule has 1 aliphatic heterocycles. The lowest BCUT2D eigenvalue weighted by molar-refractivity contribution is -0.139. The standard InChI is InChI=1S/C16H17NO2/c1-17(2)15-8-7-12(14-9-10-19-16(14)18)11-5-3-4-6-13(11)15/h3-8,14H,9-10H2,1-2H3/t14-/m0/s1. The van der Waals surface area contributed by atoms with Crippen LogP contribution in [0.3, 0.4) is 0 Å². The van der Waals surface area contributed by atoms with E-state index >= 15 is 0 Å². The summed E-state index contributed by atoms with van der Waals surface area (Å²) in [6, 6.07) is 12.4. The van der Waals surface area contributed by atoms with Crippen LogP contribution < -0.4 is 4.90 Å². The van der Waals surface area contributed by atoms with E-state index in [1.165, 1.54) is 11.1 Å². The third kappa shape index (κ3) is 1.95. The van der Waals surface area contributed by atoms with Gasteiger partial charge in [-0.3, -0.25) is 4.79 Å². The highest BCUT2D eigenvalue weighted by Gasteiger charge is 2.29. The van der Waals surface area contributed by atoms with Crippen molar-refractivity contribution in [1.82, 2.24) is 0 Å². The summed E-state index contributed by atoms with van der Waals surface area (Å²) in [6.45, 7) is 0.535. The van der Waals surface area contributed by atoms with Crippen LogP contribution >= 0.6 is 0 Å². The Balaban J connectivity index is 2.22. The average molecular weight is 255 g/mol. The SMILES string of the molecule is CN(C)c1ccc([C@@H]2CCOC2=O)c2ccccc12. The van der Waals surface area contributed by atoms with Crippen LogP contribution in [-0.2, 0) is 9.53 Å². The average Bonchev–Trinajstić information content (AvgIpc) is 2.83. The molecule has 0 N–H and O–H groups in total. The van der Waals surface area contributed by atoms with Gasteiger partial charge in [-0.25, -0.2) is 0 Å². The Labute approximate surface area is 112 Å². The van der Waals surface area contributed by atoms with Crippen molar-refractivity contribution in [2.45, 2.75) is 12.3 Å². The molecule has 3 heteroatoms. The predicted molar refractivity (Wildman–Crippen MR) is 76.6 cm³/mol. The van der Waals surface area contributed by atoms with Gasteiger partial charge in [0, 0.05) is 25.2 Å². The van der Waals surface area contributed by atoms with Gasteiger partial charge in [-0.1, -0.05) is 30.3 Å². The smallest absolute Gasteiger partial charge is 0.313 e. The van der Waals surface area contributed by atoms with Gasteiger partial charge in [0.05, 0.1) is 12.5 Å². The minimum absolute atomic E-state index is 0.0947. The Morgan fingerprint density at radius 3 is 2.47 bits per heavy atom. The molecular formula is C16H17NO2. The fourth-order valence-electron chi connectivity index (χ4n) is 2.78. The maximum absolute atomic E-state index is 11.8. The van der Waals surface area contributed by atoms with Crippen LogP contribution in [0.4, 0.5) is 5.69 Å². The molecular weight excluding hydrogens is 238 g/mol. The minimum atomic E-state index is -0.110. The molecule has 0 spiro atoms. The number of benzene rings is 2. The number of hydrogen-bond acceptors (Lipinski definition) is 3. The van der Waals surface area contributed by atoms with Crippen LogP contribution in [0.15, 0.2) is 36.4 Å². The highest BCUT2D eigenvalue weighted by molar-refractivity contribution is 5.99. The zero-order chi connectivity index (χ0) is 13.4. The molecule has 0 amide bonds. The number of esters is 1. The third-order valence-electron chi connectivity index (χ3n) is 3.73. The van der Waals surface area contributed by atoms with Crippen molar-refractivity contribution in [2.75, 3.05) is 25.6 Å². The molecule has 1 fully saturated rings. The van der Waals surface area contributed by atoms with Gasteiger partial charge in [-0.15, -0.1) is 0 Å². The lowest BCUT2D eigenvalue weighted by Gasteiger charge is -2.18. The van der Waals surface area contributed by atoms with Crippen molar-refractivity contribution in [3.63, 3.8) is 0 Å². The zero-order valence-corrected chi connectivity index (χ0v) is 11.2. The predicted octanol–water partition coefficient (Wildman–Crippen LogP) is 2.94. The van der Waals surface area contributed by atoms with Crippen molar-refractivity contribution in [3.05, 3.63) is 42.0 Å². The zero-order valence-electron chi connectivity index (χ0n) is 11.2. The number of carbonyl (C=O) groups is 1. The van der Waals surface area contributed by atoms with E-state index in [0.29, 0.717) is 6.61 Å². The van der Waals surface area contributed by atoms with Crippen molar-refractivity contribution in [3.8, 4) is 0 Å². The van der Waals surface area contributed by atoms with Crippen LogP contribution in [0, 0.1) is 0 Å². The molecule has 1 heterocycles. The van der Waals surface area contributed by atoms with E-state index in [0.717, 1.165) is 17.4 Å². The normalized spacial score (nSPS) is 18.6. The summed E-state index contributed by atoms with van der Waals surface area (Å²) >= 11 is 0.